The van der Waals surface area contributed by atoms with Crippen molar-refractivity contribution in [3.8, 4) is 18.1 Å². The van der Waals surface area contributed by atoms with Gasteiger partial charge in [0.1, 0.15) is 18.2 Å². The number of benzene rings is 2. The third kappa shape index (κ3) is 3.73. The lowest BCUT2D eigenvalue weighted by Gasteiger charge is -2.07. The molecule has 0 aliphatic carbocycles. The van der Waals surface area contributed by atoms with Crippen molar-refractivity contribution in [2.75, 3.05) is 6.61 Å². The highest BCUT2D eigenvalue weighted by molar-refractivity contribution is 5.98. The summed E-state index contributed by atoms with van der Waals surface area (Å²) < 4.78 is 7.14. The average Bonchev–Trinajstić information content (AvgIpc) is 3.21. The maximum atomic E-state index is 12.5. The Morgan fingerprint density at radius 3 is 3.07 bits per heavy atom. The topological polar surface area (TPSA) is 85.6 Å². The minimum Gasteiger partial charge on any atom is -0.480 e. The second-order valence-corrected chi connectivity index (χ2v) is 6.55. The fourth-order valence-corrected chi connectivity index (χ4v) is 3.29. The number of nitrogens with zero attached hydrogens (tertiary/aromatic N) is 3. The van der Waals surface area contributed by atoms with Gasteiger partial charge in [-0.15, -0.1) is 6.42 Å². The van der Waals surface area contributed by atoms with Crippen LogP contribution in [0.5, 0.6) is 5.75 Å². The number of aryl methyl sites for hydroxylation is 1. The molecule has 2 heterocycles. The monoisotopic (exact) mass is 386 g/mol. The Kier molecular flexibility index (Phi) is 5.08. The lowest BCUT2D eigenvalue weighted by Crippen LogP contribution is -2.22. The molecule has 1 aliphatic rings. The SMILES string of the molecule is C#CCOc1ccccc1/C=N\NC(=O)c1ccc2c(=O)n3c(nc2c1)CCC3. The molecule has 4 rings (SSSR count). The van der Waals surface area contributed by atoms with Gasteiger partial charge in [0.2, 0.25) is 0 Å². The van der Waals surface area contributed by atoms with Crippen LogP contribution in [0.25, 0.3) is 10.9 Å². The van der Waals surface area contributed by atoms with Crippen molar-refractivity contribution in [2.24, 2.45) is 5.10 Å². The smallest absolute Gasteiger partial charge is 0.271 e. The number of hydrogen-bond acceptors (Lipinski definition) is 5. The van der Waals surface area contributed by atoms with E-state index in [2.05, 4.69) is 21.4 Å². The average molecular weight is 386 g/mol. The summed E-state index contributed by atoms with van der Waals surface area (Å²) >= 11 is 0. The van der Waals surface area contributed by atoms with Crippen LogP contribution in [0.4, 0.5) is 0 Å². The molecule has 1 N–H and O–H groups in total. The summed E-state index contributed by atoms with van der Waals surface area (Å²) in [7, 11) is 0. The quantitative estimate of drug-likeness (QED) is 0.413. The molecule has 1 amide bonds. The van der Waals surface area contributed by atoms with E-state index in [4.69, 9.17) is 11.2 Å². The zero-order valence-electron chi connectivity index (χ0n) is 15.6. The normalized spacial score (nSPS) is 12.7. The number of nitrogens with one attached hydrogen (secondary N) is 1. The predicted molar refractivity (Wildman–Crippen MR) is 110 cm³/mol. The van der Waals surface area contributed by atoms with Crippen LogP contribution in [0.15, 0.2) is 52.4 Å². The number of amides is 1. The summed E-state index contributed by atoms with van der Waals surface area (Å²) in [6.45, 7) is 0.839. The van der Waals surface area contributed by atoms with Gasteiger partial charge in [-0.2, -0.15) is 5.10 Å². The lowest BCUT2D eigenvalue weighted by molar-refractivity contribution is 0.0955. The van der Waals surface area contributed by atoms with Gasteiger partial charge in [-0.25, -0.2) is 10.4 Å². The van der Waals surface area contributed by atoms with Crippen molar-refractivity contribution >= 4 is 23.0 Å². The number of hydrazone groups is 1. The van der Waals surface area contributed by atoms with E-state index in [0.717, 1.165) is 18.7 Å². The molecule has 0 unspecified atom stereocenters. The van der Waals surface area contributed by atoms with Crippen LogP contribution >= 0.6 is 0 Å². The van der Waals surface area contributed by atoms with E-state index in [1.807, 2.05) is 12.1 Å². The first kappa shape index (κ1) is 18.4. The van der Waals surface area contributed by atoms with Gasteiger partial charge in [0.25, 0.3) is 11.5 Å². The van der Waals surface area contributed by atoms with Crippen LogP contribution < -0.4 is 15.7 Å². The number of carbonyl (C=O) groups excluding carboxylic acids is 1. The van der Waals surface area contributed by atoms with E-state index < -0.39 is 5.91 Å². The number of fused-ring (bicyclic) bond motifs is 2. The van der Waals surface area contributed by atoms with Gasteiger partial charge in [0.05, 0.1) is 17.1 Å². The van der Waals surface area contributed by atoms with Gasteiger partial charge in [-0.1, -0.05) is 18.1 Å². The molecule has 0 spiro atoms. The summed E-state index contributed by atoms with van der Waals surface area (Å²) in [4.78, 5) is 29.5. The number of carbonyl (C=O) groups is 1. The third-order valence-corrected chi connectivity index (χ3v) is 4.68. The third-order valence-electron chi connectivity index (χ3n) is 4.68. The van der Waals surface area contributed by atoms with Gasteiger partial charge in [-0.05, 0) is 36.8 Å². The van der Waals surface area contributed by atoms with Crippen LogP contribution in [0.1, 0.15) is 28.2 Å². The van der Waals surface area contributed by atoms with E-state index in [0.29, 0.717) is 34.3 Å². The zero-order valence-corrected chi connectivity index (χ0v) is 15.6. The Hall–Kier alpha value is -3.92. The lowest BCUT2D eigenvalue weighted by atomic mass is 10.1. The Balaban J connectivity index is 1.53. The number of terminal acetylenes is 1. The van der Waals surface area contributed by atoms with Crippen molar-refractivity contribution in [2.45, 2.75) is 19.4 Å². The van der Waals surface area contributed by atoms with Crippen LogP contribution in [0.2, 0.25) is 0 Å². The molecular formula is C22H18N4O3. The molecule has 0 bridgehead atoms. The van der Waals surface area contributed by atoms with E-state index in [9.17, 15) is 9.59 Å². The van der Waals surface area contributed by atoms with Gasteiger partial charge >= 0.3 is 0 Å². The number of ether oxygens (including phenoxy) is 1. The molecule has 29 heavy (non-hydrogen) atoms. The highest BCUT2D eigenvalue weighted by Gasteiger charge is 2.17. The van der Waals surface area contributed by atoms with E-state index >= 15 is 0 Å². The van der Waals surface area contributed by atoms with Crippen LogP contribution in [-0.2, 0) is 13.0 Å². The second-order valence-electron chi connectivity index (χ2n) is 6.55. The Morgan fingerprint density at radius 2 is 2.21 bits per heavy atom. The minimum atomic E-state index is -0.396. The maximum Gasteiger partial charge on any atom is 0.271 e. The number of aromatic nitrogens is 2. The first-order valence-electron chi connectivity index (χ1n) is 9.19. The molecule has 7 heteroatoms. The largest absolute Gasteiger partial charge is 0.480 e. The summed E-state index contributed by atoms with van der Waals surface area (Å²) in [5, 5.41) is 4.51. The van der Waals surface area contributed by atoms with Crippen molar-refractivity contribution in [3.05, 3.63) is 69.8 Å². The standard InChI is InChI=1S/C22H18N4O3/c1-2-12-29-19-7-4-3-6-16(19)14-23-25-21(27)15-9-10-17-18(13-15)24-20-8-5-11-26(20)22(17)28/h1,3-4,6-7,9-10,13-14H,5,8,11-12H2,(H,25,27)/b23-14-. The van der Waals surface area contributed by atoms with Crippen LogP contribution in [-0.4, -0.2) is 28.3 Å². The highest BCUT2D eigenvalue weighted by Crippen LogP contribution is 2.17. The first-order valence-corrected chi connectivity index (χ1v) is 9.19. The van der Waals surface area contributed by atoms with Gasteiger partial charge in [-0.3, -0.25) is 14.2 Å². The fourth-order valence-electron chi connectivity index (χ4n) is 3.29. The Bertz CT molecular complexity index is 1220. The number of para-hydroxylation sites is 1. The molecule has 7 nitrogen and oxygen atoms in total. The van der Waals surface area contributed by atoms with Crippen molar-refractivity contribution < 1.29 is 9.53 Å². The molecule has 2 aromatic carbocycles. The summed E-state index contributed by atoms with van der Waals surface area (Å²) in [5.41, 5.74) is 4.01. The molecule has 0 saturated heterocycles. The van der Waals surface area contributed by atoms with E-state index in [1.54, 1.807) is 34.9 Å². The molecule has 1 aliphatic heterocycles. The molecule has 0 radical (unpaired) electrons. The van der Waals surface area contributed by atoms with Gasteiger partial charge in [0.15, 0.2) is 0 Å². The van der Waals surface area contributed by atoms with Gasteiger partial charge in [0, 0.05) is 24.1 Å². The molecular weight excluding hydrogens is 368 g/mol. The molecule has 144 valence electrons. The Labute approximate surface area is 167 Å². The molecule has 0 fully saturated rings. The van der Waals surface area contributed by atoms with E-state index in [1.165, 1.54) is 6.21 Å². The second kappa shape index (κ2) is 7.98. The minimum absolute atomic E-state index is 0.0592. The van der Waals surface area contributed by atoms with Crippen molar-refractivity contribution in [3.63, 3.8) is 0 Å². The summed E-state index contributed by atoms with van der Waals surface area (Å²) in [5.74, 6) is 3.35. The van der Waals surface area contributed by atoms with Crippen LogP contribution in [0.3, 0.4) is 0 Å². The van der Waals surface area contributed by atoms with Crippen molar-refractivity contribution in [1.82, 2.24) is 15.0 Å². The van der Waals surface area contributed by atoms with Crippen LogP contribution in [0, 0.1) is 12.3 Å². The first-order chi connectivity index (χ1) is 14.2. The molecule has 3 aromatic rings. The molecule has 1 aromatic heterocycles. The maximum absolute atomic E-state index is 12.5. The predicted octanol–water partition coefficient (Wildman–Crippen LogP) is 2.12. The fraction of sp³-hybridized carbons (Fsp3) is 0.182. The van der Waals surface area contributed by atoms with E-state index in [-0.39, 0.29) is 12.2 Å². The van der Waals surface area contributed by atoms with Crippen molar-refractivity contribution in [1.29, 1.82) is 0 Å². The zero-order chi connectivity index (χ0) is 20.2. The number of rotatable bonds is 5. The molecule has 0 saturated carbocycles. The summed E-state index contributed by atoms with van der Waals surface area (Å²) in [6, 6.07) is 12.1. The highest BCUT2D eigenvalue weighted by atomic mass is 16.5. The summed E-state index contributed by atoms with van der Waals surface area (Å²) in [6.07, 6.45) is 8.39. The number of hydrogen-bond donors (Lipinski definition) is 1. The van der Waals surface area contributed by atoms with Gasteiger partial charge < -0.3 is 4.74 Å². The molecule has 0 atom stereocenters. The Morgan fingerprint density at radius 1 is 1.34 bits per heavy atom.